The second-order valence-corrected chi connectivity index (χ2v) is 21.4. The number of carbonyl (C=O) groups is 2. The van der Waals surface area contributed by atoms with Gasteiger partial charge in [-0.2, -0.15) is 0 Å². The Kier molecular flexibility index (Phi) is 12.8. The minimum atomic E-state index is -0.841. The van der Waals surface area contributed by atoms with Crippen LogP contribution in [0.3, 0.4) is 0 Å². The molecular weight excluding hydrogens is 847 g/mol. The van der Waals surface area contributed by atoms with Crippen molar-refractivity contribution in [2.45, 2.75) is 154 Å². The minimum Gasteiger partial charge on any atom is -0.465 e. The first kappa shape index (κ1) is 46.4. The van der Waals surface area contributed by atoms with Gasteiger partial charge in [0.2, 0.25) is 24.2 Å². The fourth-order valence-electron chi connectivity index (χ4n) is 13.1. The second-order valence-electron chi connectivity index (χ2n) is 21.4. The van der Waals surface area contributed by atoms with Gasteiger partial charge in [0.1, 0.15) is 11.5 Å². The number of amides is 2. The van der Waals surface area contributed by atoms with Crippen LogP contribution in [0, 0.1) is 47.3 Å². The fourth-order valence-corrected chi connectivity index (χ4v) is 13.1. The number of benzene rings is 2. The molecule has 12 rings (SSSR count). The standard InChI is InChI=1S/C51H71N3O12/c1-30-10-20-40-32(3)44(59-46-50(40)38(30)22-24-48(5,61-46)63-65-50)57-36-16-12-34(13-17-36)42(55)52-26-8-28-54(7)29-9-27-53-43(56)35-14-18-37(19-15-35)58-45-33(4)41-21-11-31(2)39-23-25-49(6)62-47(60-45)51(39,41)66-64-49/h12-19,30-33,38-41,44-47H,8-11,20-29H2,1-7H3,(H,52,55)(H,53,56)/t30-,31-,32-,33-,38?,39?,40?,41?,44+,45+,46?,47?,48-,49+,50-,51-/m1/s1. The Bertz CT molecular complexity index is 1920. The molecule has 66 heavy (non-hydrogen) atoms. The third kappa shape index (κ3) is 8.35. The van der Waals surface area contributed by atoms with Crippen LogP contribution in [-0.4, -0.2) is 97.9 Å². The van der Waals surface area contributed by atoms with Crippen molar-refractivity contribution >= 4 is 11.8 Å². The maximum atomic E-state index is 13.0. The highest BCUT2D eigenvalue weighted by Crippen LogP contribution is 2.62. The van der Waals surface area contributed by atoms with Crippen molar-refractivity contribution < 1.29 is 57.6 Å². The molecule has 8 saturated heterocycles. The van der Waals surface area contributed by atoms with Crippen LogP contribution in [0.2, 0.25) is 0 Å². The molecule has 2 spiro atoms. The van der Waals surface area contributed by atoms with E-state index in [9.17, 15) is 9.59 Å². The van der Waals surface area contributed by atoms with Gasteiger partial charge in [-0.15, -0.1) is 0 Å². The lowest BCUT2D eigenvalue weighted by Crippen LogP contribution is -2.70. The molecule has 8 heterocycles. The van der Waals surface area contributed by atoms with Crippen molar-refractivity contribution in [1.29, 1.82) is 0 Å². The van der Waals surface area contributed by atoms with E-state index in [1.807, 2.05) is 38.1 Å². The molecule has 15 nitrogen and oxygen atoms in total. The van der Waals surface area contributed by atoms with Crippen molar-refractivity contribution in [2.75, 3.05) is 33.2 Å². The monoisotopic (exact) mass is 918 g/mol. The molecule has 0 radical (unpaired) electrons. The van der Waals surface area contributed by atoms with Crippen LogP contribution in [0.15, 0.2) is 48.5 Å². The van der Waals surface area contributed by atoms with Gasteiger partial charge in [0, 0.05) is 60.7 Å². The Morgan fingerprint density at radius 1 is 0.591 bits per heavy atom. The second kappa shape index (κ2) is 18.2. The summed E-state index contributed by atoms with van der Waals surface area (Å²) in [6.07, 6.45) is 7.10. The molecule has 10 fully saturated rings. The summed E-state index contributed by atoms with van der Waals surface area (Å²) in [5, 5.41) is 6.09. The van der Waals surface area contributed by atoms with Crippen molar-refractivity contribution in [3.63, 3.8) is 0 Å². The van der Waals surface area contributed by atoms with Gasteiger partial charge in [0.25, 0.3) is 11.8 Å². The topological polar surface area (TPSA) is 154 Å². The molecular formula is C51H71N3O12. The van der Waals surface area contributed by atoms with E-state index in [0.717, 1.165) is 77.3 Å². The predicted molar refractivity (Wildman–Crippen MR) is 239 cm³/mol. The van der Waals surface area contributed by atoms with E-state index in [-0.39, 0.29) is 35.5 Å². The van der Waals surface area contributed by atoms with Crippen LogP contribution in [0.1, 0.15) is 126 Å². The highest BCUT2D eigenvalue weighted by molar-refractivity contribution is 5.94. The zero-order valence-electron chi connectivity index (χ0n) is 39.8. The fraction of sp³-hybridized carbons (Fsp3) is 0.725. The summed E-state index contributed by atoms with van der Waals surface area (Å²) in [6.45, 7) is 15.5. The zero-order chi connectivity index (χ0) is 46.0. The SMILES string of the molecule is C[C@@H]1CCC2[C@@H](C)[C@@H](Oc3ccc(C(=O)NCCCN(C)CCCNC(=O)c4ccc(O[C@H]5OC6O[C@]7(C)CCC8[C@H](C)CCC([C@H]5C)[C@@]68OO7)cc4)cc3)OC3O[C@@]4(C)CCC1[C@]32OO4. The lowest BCUT2D eigenvalue weighted by molar-refractivity contribution is -0.575. The van der Waals surface area contributed by atoms with E-state index in [1.165, 1.54) is 0 Å². The number of hydrogen-bond donors (Lipinski definition) is 2. The van der Waals surface area contributed by atoms with Gasteiger partial charge in [-0.1, -0.05) is 27.7 Å². The van der Waals surface area contributed by atoms with Crippen LogP contribution in [-0.2, 0) is 38.5 Å². The van der Waals surface area contributed by atoms with Gasteiger partial charge in [0.15, 0.2) is 23.8 Å². The highest BCUT2D eigenvalue weighted by atomic mass is 17.3. The van der Waals surface area contributed by atoms with Crippen LogP contribution < -0.4 is 20.1 Å². The van der Waals surface area contributed by atoms with Gasteiger partial charge >= 0.3 is 0 Å². The largest absolute Gasteiger partial charge is 0.465 e. The Morgan fingerprint density at radius 2 is 1.00 bits per heavy atom. The molecule has 8 aliphatic heterocycles. The van der Waals surface area contributed by atoms with Gasteiger partial charge in [-0.25, -0.2) is 19.6 Å². The average molecular weight is 918 g/mol. The Hall–Kier alpha value is -3.38. The normalized spacial score (nSPS) is 42.1. The molecule has 16 atom stereocenters. The van der Waals surface area contributed by atoms with E-state index < -0.39 is 47.9 Å². The summed E-state index contributed by atoms with van der Waals surface area (Å²) in [5.41, 5.74) is -0.145. The molecule has 4 bridgehead atoms. The van der Waals surface area contributed by atoms with Crippen LogP contribution in [0.25, 0.3) is 0 Å². The highest BCUT2D eigenvalue weighted by Gasteiger charge is 2.71. The molecule has 2 aromatic carbocycles. The van der Waals surface area contributed by atoms with E-state index in [2.05, 4.69) is 50.3 Å². The maximum Gasteiger partial charge on any atom is 0.251 e. The molecule has 362 valence electrons. The van der Waals surface area contributed by atoms with E-state index in [4.69, 9.17) is 48.0 Å². The third-order valence-electron chi connectivity index (χ3n) is 16.9. The molecule has 2 aliphatic carbocycles. The first-order chi connectivity index (χ1) is 31.7. The Morgan fingerprint density at radius 3 is 1.41 bits per heavy atom. The number of nitrogens with zero attached hydrogens (tertiary/aromatic N) is 1. The van der Waals surface area contributed by atoms with Gasteiger partial charge in [-0.3, -0.25) is 9.59 Å². The van der Waals surface area contributed by atoms with Crippen molar-refractivity contribution in [3.05, 3.63) is 59.7 Å². The lowest BCUT2D eigenvalue weighted by atomic mass is 9.58. The first-order valence-corrected chi connectivity index (χ1v) is 24.9. The Balaban J connectivity index is 0.626. The van der Waals surface area contributed by atoms with E-state index in [0.29, 0.717) is 59.4 Å². The van der Waals surface area contributed by atoms with Crippen molar-refractivity contribution in [3.8, 4) is 11.5 Å². The number of rotatable bonds is 14. The number of ether oxygens (including phenoxy) is 6. The number of carbonyl (C=O) groups excluding carboxylic acids is 2. The van der Waals surface area contributed by atoms with E-state index in [1.54, 1.807) is 24.3 Å². The van der Waals surface area contributed by atoms with Crippen LogP contribution >= 0.6 is 0 Å². The molecule has 6 unspecified atom stereocenters. The first-order valence-electron chi connectivity index (χ1n) is 24.9. The zero-order valence-corrected chi connectivity index (χ0v) is 39.8. The number of fused-ring (bicyclic) bond motifs is 4. The summed E-state index contributed by atoms with van der Waals surface area (Å²) < 4.78 is 39.0. The summed E-state index contributed by atoms with van der Waals surface area (Å²) in [6, 6.07) is 14.5. The average Bonchev–Trinajstić information content (AvgIpc) is 3.68. The number of hydrogen-bond acceptors (Lipinski definition) is 13. The third-order valence-corrected chi connectivity index (χ3v) is 16.9. The van der Waals surface area contributed by atoms with Crippen molar-refractivity contribution in [1.82, 2.24) is 15.5 Å². The molecule has 2 saturated carbocycles. The summed E-state index contributed by atoms with van der Waals surface area (Å²) in [7, 11) is 2.05. The predicted octanol–water partition coefficient (Wildman–Crippen LogP) is 7.73. The lowest BCUT2D eigenvalue weighted by Gasteiger charge is -2.60. The van der Waals surface area contributed by atoms with Crippen molar-refractivity contribution in [2.24, 2.45) is 47.3 Å². The maximum absolute atomic E-state index is 13.0. The molecule has 15 heteroatoms. The van der Waals surface area contributed by atoms with E-state index >= 15 is 0 Å². The summed E-state index contributed by atoms with van der Waals surface area (Å²) in [5.74, 6) is 1.32. The number of nitrogens with one attached hydrogen (secondary N) is 2. The van der Waals surface area contributed by atoms with Gasteiger partial charge in [0.05, 0.1) is 0 Å². The Labute approximate surface area is 389 Å². The van der Waals surface area contributed by atoms with Gasteiger partial charge < -0.3 is 44.0 Å². The van der Waals surface area contributed by atoms with Gasteiger partial charge in [-0.05, 0) is 158 Å². The van der Waals surface area contributed by atoms with Crippen LogP contribution in [0.5, 0.6) is 11.5 Å². The summed E-state index contributed by atoms with van der Waals surface area (Å²) in [4.78, 5) is 52.7. The molecule has 2 aromatic rings. The quantitative estimate of drug-likeness (QED) is 0.141. The smallest absolute Gasteiger partial charge is 0.251 e. The molecule has 2 amide bonds. The molecule has 2 N–H and O–H groups in total. The summed E-state index contributed by atoms with van der Waals surface area (Å²) >= 11 is 0. The molecule has 0 aromatic heterocycles. The minimum absolute atomic E-state index is 0.0465. The van der Waals surface area contributed by atoms with Crippen LogP contribution in [0.4, 0.5) is 0 Å². The molecule has 10 aliphatic rings.